The van der Waals surface area contributed by atoms with Gasteiger partial charge in [-0.25, -0.2) is 4.39 Å². The van der Waals surface area contributed by atoms with Gasteiger partial charge in [0.1, 0.15) is 12.4 Å². The van der Waals surface area contributed by atoms with Gasteiger partial charge in [0.15, 0.2) is 0 Å². The van der Waals surface area contributed by atoms with Gasteiger partial charge in [0.25, 0.3) is 0 Å². The summed E-state index contributed by atoms with van der Waals surface area (Å²) >= 11 is 0. The highest BCUT2D eigenvalue weighted by molar-refractivity contribution is 5.21. The van der Waals surface area contributed by atoms with Crippen molar-refractivity contribution in [1.82, 2.24) is 5.32 Å². The molecule has 1 rings (SSSR count). The van der Waals surface area contributed by atoms with Crippen LogP contribution in [0.2, 0.25) is 0 Å². The third-order valence-electron chi connectivity index (χ3n) is 2.74. The highest BCUT2D eigenvalue weighted by atomic mass is 19.4. The average Bonchev–Trinajstić information content (AvgIpc) is 2.37. The topological polar surface area (TPSA) is 21.3 Å². The molecule has 0 heterocycles. The third kappa shape index (κ3) is 6.86. The first-order valence-electron chi connectivity index (χ1n) is 6.53. The molecule has 0 amide bonds. The van der Waals surface area contributed by atoms with E-state index >= 15 is 0 Å². The van der Waals surface area contributed by atoms with Gasteiger partial charge in [0.2, 0.25) is 0 Å². The van der Waals surface area contributed by atoms with E-state index < -0.39 is 12.8 Å². The maximum atomic E-state index is 12.9. The Labute approximate surface area is 116 Å². The molecule has 1 unspecified atom stereocenters. The van der Waals surface area contributed by atoms with E-state index in [9.17, 15) is 17.6 Å². The summed E-state index contributed by atoms with van der Waals surface area (Å²) in [5.74, 6) is -0.602. The van der Waals surface area contributed by atoms with Gasteiger partial charge in [0, 0.05) is 12.5 Å². The minimum Gasteiger partial charge on any atom is -0.371 e. The lowest BCUT2D eigenvalue weighted by molar-refractivity contribution is -0.174. The number of rotatable bonds is 8. The number of halogens is 4. The third-order valence-corrected chi connectivity index (χ3v) is 2.74. The maximum Gasteiger partial charge on any atom is 0.411 e. The minimum absolute atomic E-state index is 0.0537. The molecule has 6 heteroatoms. The summed E-state index contributed by atoms with van der Waals surface area (Å²) in [5.41, 5.74) is 0.761. The molecule has 0 aliphatic heterocycles. The maximum absolute atomic E-state index is 12.9. The van der Waals surface area contributed by atoms with Crippen LogP contribution in [0.15, 0.2) is 24.3 Å². The number of hydrogen-bond acceptors (Lipinski definition) is 2. The SMILES string of the molecule is CCCNCC(COCC(F)(F)F)c1ccc(F)cc1. The van der Waals surface area contributed by atoms with Gasteiger partial charge in [-0.15, -0.1) is 0 Å². The van der Waals surface area contributed by atoms with E-state index in [1.54, 1.807) is 12.1 Å². The Morgan fingerprint density at radius 3 is 2.40 bits per heavy atom. The van der Waals surface area contributed by atoms with Gasteiger partial charge < -0.3 is 10.1 Å². The van der Waals surface area contributed by atoms with Crippen LogP contribution in [0.3, 0.4) is 0 Å². The Bertz CT molecular complexity index is 378. The van der Waals surface area contributed by atoms with Crippen LogP contribution in [0.5, 0.6) is 0 Å². The van der Waals surface area contributed by atoms with Crippen LogP contribution in [0.4, 0.5) is 17.6 Å². The van der Waals surface area contributed by atoms with Crippen LogP contribution in [-0.2, 0) is 4.74 Å². The van der Waals surface area contributed by atoms with Gasteiger partial charge in [-0.05, 0) is 30.7 Å². The summed E-state index contributed by atoms with van der Waals surface area (Å²) in [7, 11) is 0. The van der Waals surface area contributed by atoms with Gasteiger partial charge in [-0.3, -0.25) is 0 Å². The fourth-order valence-corrected chi connectivity index (χ4v) is 1.78. The fourth-order valence-electron chi connectivity index (χ4n) is 1.78. The summed E-state index contributed by atoms with van der Waals surface area (Å²) in [4.78, 5) is 0. The van der Waals surface area contributed by atoms with Crippen LogP contribution < -0.4 is 5.32 Å². The molecule has 20 heavy (non-hydrogen) atoms. The van der Waals surface area contributed by atoms with Crippen molar-refractivity contribution in [3.05, 3.63) is 35.6 Å². The van der Waals surface area contributed by atoms with Crippen LogP contribution in [0.1, 0.15) is 24.8 Å². The molecule has 0 radical (unpaired) electrons. The molecule has 2 nitrogen and oxygen atoms in total. The van der Waals surface area contributed by atoms with Crippen molar-refractivity contribution >= 4 is 0 Å². The Morgan fingerprint density at radius 1 is 1.20 bits per heavy atom. The van der Waals surface area contributed by atoms with Crippen molar-refractivity contribution in [3.8, 4) is 0 Å². The first-order chi connectivity index (χ1) is 9.42. The fraction of sp³-hybridized carbons (Fsp3) is 0.571. The molecular formula is C14H19F4NO. The van der Waals surface area contributed by atoms with Crippen LogP contribution in [0.25, 0.3) is 0 Å². The van der Waals surface area contributed by atoms with Crippen LogP contribution >= 0.6 is 0 Å². The lowest BCUT2D eigenvalue weighted by Gasteiger charge is -2.19. The lowest BCUT2D eigenvalue weighted by atomic mass is 10.00. The van der Waals surface area contributed by atoms with Gasteiger partial charge in [0.05, 0.1) is 6.61 Å². The quantitative estimate of drug-likeness (QED) is 0.585. The Kier molecular flexibility index (Phi) is 6.95. The van der Waals surface area contributed by atoms with Crippen molar-refractivity contribution in [3.63, 3.8) is 0 Å². The van der Waals surface area contributed by atoms with E-state index in [1.807, 2.05) is 6.92 Å². The summed E-state index contributed by atoms with van der Waals surface area (Å²) < 4.78 is 53.8. The molecule has 1 aromatic rings. The highest BCUT2D eigenvalue weighted by Gasteiger charge is 2.28. The molecule has 0 aromatic heterocycles. The zero-order valence-electron chi connectivity index (χ0n) is 11.3. The molecule has 1 atom stereocenters. The van der Waals surface area contributed by atoms with Crippen LogP contribution in [-0.4, -0.2) is 32.5 Å². The molecule has 0 bridgehead atoms. The zero-order valence-corrected chi connectivity index (χ0v) is 11.3. The predicted octanol–water partition coefficient (Wildman–Crippen LogP) is 3.49. The van der Waals surface area contributed by atoms with E-state index in [0.29, 0.717) is 6.54 Å². The van der Waals surface area contributed by atoms with Crippen molar-refractivity contribution in [2.45, 2.75) is 25.4 Å². The van der Waals surface area contributed by atoms with Crippen molar-refractivity contribution in [2.75, 3.05) is 26.3 Å². The molecule has 0 spiro atoms. The van der Waals surface area contributed by atoms with E-state index in [0.717, 1.165) is 18.5 Å². The molecule has 0 saturated heterocycles. The average molecular weight is 293 g/mol. The molecule has 1 aromatic carbocycles. The molecule has 0 saturated carbocycles. The molecular weight excluding hydrogens is 274 g/mol. The number of hydrogen-bond donors (Lipinski definition) is 1. The second-order valence-corrected chi connectivity index (χ2v) is 4.58. The zero-order chi connectivity index (χ0) is 15.0. The van der Waals surface area contributed by atoms with Gasteiger partial charge in [-0.2, -0.15) is 13.2 Å². The normalized spacial score (nSPS) is 13.4. The first kappa shape index (κ1) is 16.9. The van der Waals surface area contributed by atoms with Gasteiger partial charge in [-0.1, -0.05) is 19.1 Å². The highest BCUT2D eigenvalue weighted by Crippen LogP contribution is 2.19. The second kappa shape index (κ2) is 8.21. The van der Waals surface area contributed by atoms with E-state index in [-0.39, 0.29) is 18.3 Å². The monoisotopic (exact) mass is 293 g/mol. The molecule has 1 N–H and O–H groups in total. The second-order valence-electron chi connectivity index (χ2n) is 4.58. The number of alkyl halides is 3. The molecule has 0 fully saturated rings. The predicted molar refractivity (Wildman–Crippen MR) is 69.2 cm³/mol. The van der Waals surface area contributed by atoms with Crippen molar-refractivity contribution in [1.29, 1.82) is 0 Å². The number of benzene rings is 1. The minimum atomic E-state index is -4.33. The summed E-state index contributed by atoms with van der Waals surface area (Å²) in [6.07, 6.45) is -3.40. The Hall–Kier alpha value is -1.14. The Morgan fingerprint density at radius 2 is 1.85 bits per heavy atom. The molecule has 0 aliphatic rings. The molecule has 114 valence electrons. The largest absolute Gasteiger partial charge is 0.411 e. The standard InChI is InChI=1S/C14H19F4NO/c1-2-7-19-8-12(9-20-10-14(16,17)18)11-3-5-13(15)6-4-11/h3-6,12,19H,2,7-10H2,1H3. The van der Waals surface area contributed by atoms with E-state index in [2.05, 4.69) is 5.32 Å². The van der Waals surface area contributed by atoms with Crippen molar-refractivity contribution in [2.24, 2.45) is 0 Å². The first-order valence-corrected chi connectivity index (χ1v) is 6.53. The summed E-state index contributed by atoms with van der Waals surface area (Å²) in [5, 5.41) is 3.14. The van der Waals surface area contributed by atoms with Crippen molar-refractivity contribution < 1.29 is 22.3 Å². The number of nitrogens with one attached hydrogen (secondary N) is 1. The Balaban J connectivity index is 2.57. The van der Waals surface area contributed by atoms with Crippen LogP contribution in [0, 0.1) is 5.82 Å². The summed E-state index contributed by atoms with van der Waals surface area (Å²) in [6, 6.07) is 5.74. The molecule has 0 aliphatic carbocycles. The van der Waals surface area contributed by atoms with Gasteiger partial charge >= 0.3 is 6.18 Å². The summed E-state index contributed by atoms with van der Waals surface area (Å²) in [6.45, 7) is 1.95. The van der Waals surface area contributed by atoms with E-state index in [4.69, 9.17) is 4.74 Å². The lowest BCUT2D eigenvalue weighted by Crippen LogP contribution is -2.27. The smallest absolute Gasteiger partial charge is 0.371 e. The number of ether oxygens (including phenoxy) is 1. The van der Waals surface area contributed by atoms with E-state index in [1.165, 1.54) is 12.1 Å².